The maximum atomic E-state index is 12.5. The van der Waals surface area contributed by atoms with E-state index in [1.165, 1.54) is 0 Å². The molecule has 1 N–H and O–H groups in total. The van der Waals surface area contributed by atoms with Crippen molar-refractivity contribution < 1.29 is 4.79 Å². The van der Waals surface area contributed by atoms with Crippen LogP contribution in [0.4, 0.5) is 5.69 Å². The van der Waals surface area contributed by atoms with E-state index < -0.39 is 0 Å². The van der Waals surface area contributed by atoms with E-state index in [0.717, 1.165) is 6.54 Å². The monoisotopic (exact) mass is 257 g/mol. The van der Waals surface area contributed by atoms with Crippen LogP contribution in [0.25, 0.3) is 0 Å². The van der Waals surface area contributed by atoms with Crippen molar-refractivity contribution in [2.24, 2.45) is 5.41 Å². The van der Waals surface area contributed by atoms with E-state index in [0.29, 0.717) is 17.8 Å². The van der Waals surface area contributed by atoms with Gasteiger partial charge in [-0.15, -0.1) is 0 Å². The van der Waals surface area contributed by atoms with E-state index >= 15 is 0 Å². The molecule has 0 spiro atoms. The molecule has 0 bridgehead atoms. The molecule has 1 aliphatic heterocycles. The summed E-state index contributed by atoms with van der Waals surface area (Å²) in [6.07, 6.45) is 0. The Bertz CT molecular complexity index is 530. The third kappa shape index (κ3) is 2.77. The van der Waals surface area contributed by atoms with Crippen LogP contribution in [-0.4, -0.2) is 25.0 Å². The molecule has 4 nitrogen and oxygen atoms in total. The Kier molecular flexibility index (Phi) is 3.59. The van der Waals surface area contributed by atoms with Gasteiger partial charge in [-0.2, -0.15) is 5.26 Å². The molecule has 1 aliphatic rings. The summed E-state index contributed by atoms with van der Waals surface area (Å²) in [6, 6.07) is 9.20. The second-order valence-electron chi connectivity index (χ2n) is 5.82. The number of amides is 1. The summed E-state index contributed by atoms with van der Waals surface area (Å²) in [6.45, 7) is 7.50. The van der Waals surface area contributed by atoms with Gasteiger partial charge < -0.3 is 10.2 Å². The Labute approximate surface area is 114 Å². The molecule has 1 fully saturated rings. The lowest BCUT2D eigenvalue weighted by molar-refractivity contribution is -0.119. The van der Waals surface area contributed by atoms with E-state index in [1.807, 2.05) is 25.1 Å². The molecule has 19 heavy (non-hydrogen) atoms. The number of para-hydroxylation sites is 1. The lowest BCUT2D eigenvalue weighted by Gasteiger charge is -2.29. The highest BCUT2D eigenvalue weighted by Gasteiger charge is 2.33. The lowest BCUT2D eigenvalue weighted by Crippen LogP contribution is -2.42. The van der Waals surface area contributed by atoms with Crippen molar-refractivity contribution in [3.05, 3.63) is 29.8 Å². The molecule has 1 atom stereocenters. The van der Waals surface area contributed by atoms with Gasteiger partial charge in [0.25, 0.3) is 0 Å². The first kappa shape index (κ1) is 13.6. The Morgan fingerprint density at radius 2 is 2.11 bits per heavy atom. The number of hydrogen-bond donors (Lipinski definition) is 1. The van der Waals surface area contributed by atoms with E-state index in [2.05, 4.69) is 25.2 Å². The lowest BCUT2D eigenvalue weighted by atomic mass is 9.93. The van der Waals surface area contributed by atoms with Crippen LogP contribution < -0.4 is 10.2 Å². The molecule has 1 amide bonds. The average Bonchev–Trinajstić information content (AvgIpc) is 2.50. The van der Waals surface area contributed by atoms with Gasteiger partial charge in [0.05, 0.1) is 17.3 Å². The molecule has 1 saturated heterocycles. The summed E-state index contributed by atoms with van der Waals surface area (Å²) >= 11 is 0. The van der Waals surface area contributed by atoms with Crippen LogP contribution in [-0.2, 0) is 4.79 Å². The quantitative estimate of drug-likeness (QED) is 0.836. The van der Waals surface area contributed by atoms with Gasteiger partial charge in [-0.25, -0.2) is 0 Å². The molecule has 0 aliphatic carbocycles. The Morgan fingerprint density at radius 1 is 1.42 bits per heavy atom. The normalized spacial score (nSPS) is 22.7. The number of carbonyl (C=O) groups is 1. The van der Waals surface area contributed by atoms with Gasteiger partial charge in [0.1, 0.15) is 6.07 Å². The zero-order valence-corrected chi connectivity index (χ0v) is 11.6. The molecule has 1 aromatic carbocycles. The van der Waals surface area contributed by atoms with Crippen LogP contribution in [0.1, 0.15) is 26.3 Å². The standard InChI is InChI=1S/C15H19N3O/c1-11-14(19)18(10-15(2,3)9-17-11)13-7-5-4-6-12(13)8-16/h4-7,11,17H,9-10H2,1-3H3. The highest BCUT2D eigenvalue weighted by Crippen LogP contribution is 2.27. The second kappa shape index (κ2) is 5.02. The fourth-order valence-electron chi connectivity index (χ4n) is 2.32. The SMILES string of the molecule is CC1NCC(C)(C)CN(c2ccccc2C#N)C1=O. The Balaban J connectivity index is 2.45. The van der Waals surface area contributed by atoms with Crippen LogP contribution in [0, 0.1) is 16.7 Å². The van der Waals surface area contributed by atoms with Crippen LogP contribution in [0.5, 0.6) is 0 Å². The minimum atomic E-state index is -0.228. The van der Waals surface area contributed by atoms with Crippen LogP contribution in [0.3, 0.4) is 0 Å². The van der Waals surface area contributed by atoms with Crippen molar-refractivity contribution in [2.75, 3.05) is 18.0 Å². The van der Waals surface area contributed by atoms with Crippen molar-refractivity contribution in [3.8, 4) is 6.07 Å². The predicted molar refractivity (Wildman–Crippen MR) is 74.8 cm³/mol. The molecule has 1 aromatic rings. The minimum absolute atomic E-state index is 0.0216. The number of benzene rings is 1. The first-order valence-corrected chi connectivity index (χ1v) is 6.48. The minimum Gasteiger partial charge on any atom is -0.309 e. The van der Waals surface area contributed by atoms with Crippen molar-refractivity contribution in [3.63, 3.8) is 0 Å². The molecule has 1 heterocycles. The Morgan fingerprint density at radius 3 is 2.79 bits per heavy atom. The van der Waals surface area contributed by atoms with Crippen molar-refractivity contribution in [2.45, 2.75) is 26.8 Å². The summed E-state index contributed by atoms with van der Waals surface area (Å²) in [7, 11) is 0. The molecule has 1 unspecified atom stereocenters. The van der Waals surface area contributed by atoms with Gasteiger partial charge in [0.2, 0.25) is 5.91 Å². The first-order valence-electron chi connectivity index (χ1n) is 6.48. The Hall–Kier alpha value is -1.86. The molecule has 100 valence electrons. The second-order valence-corrected chi connectivity index (χ2v) is 5.82. The summed E-state index contributed by atoms with van der Waals surface area (Å²) < 4.78 is 0. The van der Waals surface area contributed by atoms with E-state index in [-0.39, 0.29) is 17.4 Å². The molecule has 0 saturated carbocycles. The largest absolute Gasteiger partial charge is 0.309 e. The van der Waals surface area contributed by atoms with Gasteiger partial charge in [-0.3, -0.25) is 4.79 Å². The smallest absolute Gasteiger partial charge is 0.243 e. The van der Waals surface area contributed by atoms with Crippen LogP contribution in [0.15, 0.2) is 24.3 Å². The molecular formula is C15H19N3O. The van der Waals surface area contributed by atoms with Crippen molar-refractivity contribution >= 4 is 11.6 Å². The van der Waals surface area contributed by atoms with Crippen molar-refractivity contribution in [1.29, 1.82) is 5.26 Å². The number of carbonyl (C=O) groups excluding carboxylic acids is 1. The summed E-state index contributed by atoms with van der Waals surface area (Å²) in [5, 5.41) is 12.4. The number of nitriles is 1. The topological polar surface area (TPSA) is 56.1 Å². The van der Waals surface area contributed by atoms with Gasteiger partial charge in [-0.1, -0.05) is 26.0 Å². The summed E-state index contributed by atoms with van der Waals surface area (Å²) in [4.78, 5) is 14.2. The molecule has 2 rings (SSSR count). The summed E-state index contributed by atoms with van der Waals surface area (Å²) in [5.74, 6) is 0.0216. The van der Waals surface area contributed by atoms with E-state index in [1.54, 1.807) is 11.0 Å². The number of hydrogen-bond acceptors (Lipinski definition) is 3. The average molecular weight is 257 g/mol. The van der Waals surface area contributed by atoms with E-state index in [9.17, 15) is 10.1 Å². The third-order valence-electron chi connectivity index (χ3n) is 3.42. The fraction of sp³-hybridized carbons (Fsp3) is 0.467. The van der Waals surface area contributed by atoms with Gasteiger partial charge >= 0.3 is 0 Å². The highest BCUT2D eigenvalue weighted by molar-refractivity contribution is 5.98. The predicted octanol–water partition coefficient (Wildman–Crippen LogP) is 1.91. The third-order valence-corrected chi connectivity index (χ3v) is 3.42. The highest BCUT2D eigenvalue weighted by atomic mass is 16.2. The van der Waals surface area contributed by atoms with E-state index in [4.69, 9.17) is 0 Å². The number of rotatable bonds is 1. The summed E-state index contributed by atoms with van der Waals surface area (Å²) in [5.41, 5.74) is 1.22. The maximum absolute atomic E-state index is 12.5. The van der Waals surface area contributed by atoms with Gasteiger partial charge in [0, 0.05) is 13.1 Å². The van der Waals surface area contributed by atoms with Gasteiger partial charge in [-0.05, 0) is 24.5 Å². The molecule has 0 aromatic heterocycles. The zero-order chi connectivity index (χ0) is 14.0. The zero-order valence-electron chi connectivity index (χ0n) is 11.6. The first-order chi connectivity index (χ1) is 8.94. The number of nitrogens with one attached hydrogen (secondary N) is 1. The molecule has 0 radical (unpaired) electrons. The van der Waals surface area contributed by atoms with Crippen LogP contribution in [0.2, 0.25) is 0 Å². The van der Waals surface area contributed by atoms with Crippen molar-refractivity contribution in [1.82, 2.24) is 5.32 Å². The fourth-order valence-corrected chi connectivity index (χ4v) is 2.32. The number of nitrogens with zero attached hydrogens (tertiary/aromatic N) is 2. The van der Waals surface area contributed by atoms with Crippen LogP contribution >= 0.6 is 0 Å². The molecule has 4 heteroatoms. The maximum Gasteiger partial charge on any atom is 0.243 e. The van der Waals surface area contributed by atoms with Gasteiger partial charge in [0.15, 0.2) is 0 Å². The molecular weight excluding hydrogens is 238 g/mol. The number of anilines is 1.